The second-order valence-corrected chi connectivity index (χ2v) is 6.07. The smallest absolute Gasteiger partial charge is 0.317 e. The summed E-state index contributed by atoms with van der Waals surface area (Å²) in [4.78, 5) is 19.0. The number of hydrogen-bond acceptors (Lipinski definition) is 4. The maximum atomic E-state index is 11.9. The van der Waals surface area contributed by atoms with E-state index in [0.717, 1.165) is 17.8 Å². The van der Waals surface area contributed by atoms with Gasteiger partial charge in [0.25, 0.3) is 0 Å². The van der Waals surface area contributed by atoms with Gasteiger partial charge in [-0.1, -0.05) is 0 Å². The fourth-order valence-corrected chi connectivity index (χ4v) is 2.45. The first-order chi connectivity index (χ1) is 9.02. The number of likely N-dealkylation sites (N-methyl/N-ethyl adjacent to an activating group) is 1. The van der Waals surface area contributed by atoms with Gasteiger partial charge in [0.1, 0.15) is 0 Å². The van der Waals surface area contributed by atoms with Gasteiger partial charge < -0.3 is 15.3 Å². The van der Waals surface area contributed by atoms with E-state index in [4.69, 9.17) is 5.11 Å². The molecule has 1 heterocycles. The van der Waals surface area contributed by atoms with Crippen LogP contribution in [0.15, 0.2) is 6.20 Å². The van der Waals surface area contributed by atoms with Crippen molar-refractivity contribution in [3.05, 3.63) is 16.1 Å². The molecule has 0 bridgehead atoms. The number of nitrogens with zero attached hydrogens (tertiary/aromatic N) is 2. The van der Waals surface area contributed by atoms with Gasteiger partial charge in [-0.05, 0) is 26.7 Å². The second-order valence-electron chi connectivity index (χ2n) is 4.75. The van der Waals surface area contributed by atoms with Crippen LogP contribution in [0.2, 0.25) is 0 Å². The Balaban J connectivity index is 2.28. The van der Waals surface area contributed by atoms with Gasteiger partial charge in [0.2, 0.25) is 0 Å². The van der Waals surface area contributed by atoms with Crippen LogP contribution in [0.3, 0.4) is 0 Å². The normalized spacial score (nSPS) is 12.2. The van der Waals surface area contributed by atoms with Crippen molar-refractivity contribution in [3.63, 3.8) is 0 Å². The zero-order chi connectivity index (χ0) is 14.3. The molecule has 0 saturated carbocycles. The lowest BCUT2D eigenvalue weighted by Gasteiger charge is -2.20. The zero-order valence-electron chi connectivity index (χ0n) is 11.8. The molecule has 108 valence electrons. The van der Waals surface area contributed by atoms with Crippen LogP contribution >= 0.6 is 11.3 Å². The SMILES string of the molecule is Cc1cnc(CCN(C)C(=O)NC(C)CCCO)s1. The molecule has 0 aliphatic carbocycles. The Hall–Kier alpha value is -1.14. The molecule has 19 heavy (non-hydrogen) atoms. The monoisotopic (exact) mass is 285 g/mol. The average Bonchev–Trinajstić information content (AvgIpc) is 2.79. The minimum Gasteiger partial charge on any atom is -0.396 e. The third-order valence-corrected chi connectivity index (χ3v) is 3.81. The Morgan fingerprint density at radius 1 is 1.63 bits per heavy atom. The van der Waals surface area contributed by atoms with Crippen molar-refractivity contribution in [1.29, 1.82) is 0 Å². The van der Waals surface area contributed by atoms with Crippen molar-refractivity contribution < 1.29 is 9.90 Å². The molecule has 6 heteroatoms. The lowest BCUT2D eigenvalue weighted by molar-refractivity contribution is 0.203. The van der Waals surface area contributed by atoms with Gasteiger partial charge >= 0.3 is 6.03 Å². The number of rotatable bonds is 7. The number of carbonyl (C=O) groups excluding carboxylic acids is 1. The predicted molar refractivity (Wildman–Crippen MR) is 77.5 cm³/mol. The van der Waals surface area contributed by atoms with Crippen LogP contribution in [0, 0.1) is 6.92 Å². The van der Waals surface area contributed by atoms with Gasteiger partial charge in [-0.2, -0.15) is 0 Å². The van der Waals surface area contributed by atoms with E-state index in [2.05, 4.69) is 10.3 Å². The molecule has 2 amide bonds. The number of urea groups is 1. The molecule has 0 spiro atoms. The lowest BCUT2D eigenvalue weighted by atomic mass is 10.2. The van der Waals surface area contributed by atoms with Gasteiger partial charge in [-0.15, -0.1) is 11.3 Å². The van der Waals surface area contributed by atoms with Crippen LogP contribution in [0.5, 0.6) is 0 Å². The molecule has 0 aliphatic heterocycles. The Kier molecular flexibility index (Phi) is 6.80. The summed E-state index contributed by atoms with van der Waals surface area (Å²) in [5.41, 5.74) is 0. The highest BCUT2D eigenvalue weighted by atomic mass is 32.1. The summed E-state index contributed by atoms with van der Waals surface area (Å²) in [6, 6.07) is 0.0166. The quantitative estimate of drug-likeness (QED) is 0.803. The molecule has 0 saturated heterocycles. The van der Waals surface area contributed by atoms with E-state index in [-0.39, 0.29) is 18.7 Å². The number of thiazole rings is 1. The molecule has 1 aromatic rings. The number of aryl methyl sites for hydroxylation is 1. The van der Waals surface area contributed by atoms with Crippen molar-refractivity contribution >= 4 is 17.4 Å². The van der Waals surface area contributed by atoms with Crippen LogP contribution in [0.4, 0.5) is 4.79 Å². The van der Waals surface area contributed by atoms with Crippen molar-refractivity contribution in [2.24, 2.45) is 0 Å². The summed E-state index contributed by atoms with van der Waals surface area (Å²) in [6.45, 7) is 4.80. The fraction of sp³-hybridized carbons (Fsp3) is 0.692. The second kappa shape index (κ2) is 8.12. The van der Waals surface area contributed by atoms with Crippen molar-refractivity contribution in [2.45, 2.75) is 39.2 Å². The first-order valence-electron chi connectivity index (χ1n) is 6.56. The van der Waals surface area contributed by atoms with Crippen molar-refractivity contribution in [3.8, 4) is 0 Å². The minimum atomic E-state index is -0.0706. The molecule has 2 N–H and O–H groups in total. The molecule has 0 radical (unpaired) electrons. The van der Waals surface area contributed by atoms with Crippen LogP contribution in [0.1, 0.15) is 29.7 Å². The predicted octanol–water partition coefficient (Wildman–Crippen LogP) is 1.80. The molecule has 1 rings (SSSR count). The molecule has 0 aliphatic rings. The molecule has 0 aromatic carbocycles. The van der Waals surface area contributed by atoms with E-state index < -0.39 is 0 Å². The highest BCUT2D eigenvalue weighted by Gasteiger charge is 2.12. The Morgan fingerprint density at radius 3 is 2.95 bits per heavy atom. The third kappa shape index (κ3) is 6.02. The summed E-state index contributed by atoms with van der Waals surface area (Å²) in [5.74, 6) is 0. The number of carbonyl (C=O) groups is 1. The van der Waals surface area contributed by atoms with Gasteiger partial charge in [0, 0.05) is 43.7 Å². The Labute approximate surface area is 118 Å². The van der Waals surface area contributed by atoms with Gasteiger partial charge in [-0.25, -0.2) is 9.78 Å². The lowest BCUT2D eigenvalue weighted by Crippen LogP contribution is -2.42. The number of aliphatic hydroxyl groups excluding tert-OH is 1. The van der Waals surface area contributed by atoms with Gasteiger partial charge in [0.05, 0.1) is 5.01 Å². The average molecular weight is 285 g/mol. The molecule has 1 aromatic heterocycles. The number of nitrogens with one attached hydrogen (secondary N) is 1. The molecule has 5 nitrogen and oxygen atoms in total. The van der Waals surface area contributed by atoms with E-state index in [0.29, 0.717) is 13.0 Å². The van der Waals surface area contributed by atoms with E-state index in [9.17, 15) is 4.79 Å². The largest absolute Gasteiger partial charge is 0.396 e. The molecular formula is C13H23N3O2S. The van der Waals surface area contributed by atoms with Crippen LogP contribution in [0.25, 0.3) is 0 Å². The highest BCUT2D eigenvalue weighted by Crippen LogP contribution is 2.11. The van der Waals surface area contributed by atoms with Crippen molar-refractivity contribution in [1.82, 2.24) is 15.2 Å². The number of amides is 2. The summed E-state index contributed by atoms with van der Waals surface area (Å²) < 4.78 is 0. The third-order valence-electron chi connectivity index (χ3n) is 2.84. The van der Waals surface area contributed by atoms with E-state index in [1.165, 1.54) is 4.88 Å². The van der Waals surface area contributed by atoms with Crippen LogP contribution < -0.4 is 5.32 Å². The zero-order valence-corrected chi connectivity index (χ0v) is 12.7. The van der Waals surface area contributed by atoms with E-state index in [1.54, 1.807) is 23.3 Å². The first-order valence-corrected chi connectivity index (χ1v) is 7.38. The Morgan fingerprint density at radius 2 is 2.37 bits per heavy atom. The van der Waals surface area contributed by atoms with Crippen LogP contribution in [-0.4, -0.2) is 47.3 Å². The standard InChI is InChI=1S/C13H23N3O2S/c1-10(5-4-8-17)15-13(18)16(3)7-6-12-14-9-11(2)19-12/h9-10,17H,4-8H2,1-3H3,(H,15,18). The van der Waals surface area contributed by atoms with Crippen LogP contribution in [-0.2, 0) is 6.42 Å². The van der Waals surface area contributed by atoms with Gasteiger partial charge in [-0.3, -0.25) is 0 Å². The maximum Gasteiger partial charge on any atom is 0.317 e. The topological polar surface area (TPSA) is 65.5 Å². The maximum absolute atomic E-state index is 11.9. The number of aliphatic hydroxyl groups is 1. The van der Waals surface area contributed by atoms with E-state index in [1.807, 2.05) is 20.0 Å². The first kappa shape index (κ1) is 15.9. The number of hydrogen-bond donors (Lipinski definition) is 2. The minimum absolute atomic E-state index is 0.0706. The number of aromatic nitrogens is 1. The molecule has 0 fully saturated rings. The summed E-state index contributed by atoms with van der Waals surface area (Å²) in [6.07, 6.45) is 4.15. The van der Waals surface area contributed by atoms with Gasteiger partial charge in [0.15, 0.2) is 0 Å². The molecular weight excluding hydrogens is 262 g/mol. The summed E-state index contributed by atoms with van der Waals surface area (Å²) >= 11 is 1.67. The fourth-order valence-electron chi connectivity index (χ4n) is 1.67. The van der Waals surface area contributed by atoms with Crippen molar-refractivity contribution in [2.75, 3.05) is 20.2 Å². The molecule has 1 unspecified atom stereocenters. The van der Waals surface area contributed by atoms with E-state index >= 15 is 0 Å². The molecule has 1 atom stereocenters. The Bertz CT molecular complexity index is 395. The summed E-state index contributed by atoms with van der Waals surface area (Å²) in [7, 11) is 1.79. The highest BCUT2D eigenvalue weighted by molar-refractivity contribution is 7.11. The summed E-state index contributed by atoms with van der Waals surface area (Å²) in [5, 5.41) is 12.7.